The Bertz CT molecular complexity index is 959. The molecule has 0 unspecified atom stereocenters. The van der Waals surface area contributed by atoms with Crippen molar-refractivity contribution in [2.24, 2.45) is 0 Å². The van der Waals surface area contributed by atoms with Gasteiger partial charge in [0.25, 0.3) is 5.91 Å². The Kier molecular flexibility index (Phi) is 6.19. The van der Waals surface area contributed by atoms with E-state index < -0.39 is 54.5 Å². The summed E-state index contributed by atoms with van der Waals surface area (Å²) in [6.45, 7) is 0. The first-order chi connectivity index (χ1) is 17.2. The fourth-order valence-corrected chi connectivity index (χ4v) is 6.12. The van der Waals surface area contributed by atoms with Gasteiger partial charge in [-0.1, -0.05) is 12.8 Å². The van der Waals surface area contributed by atoms with Crippen LogP contribution in [0.5, 0.6) is 5.75 Å². The number of amides is 1. The van der Waals surface area contributed by atoms with Crippen LogP contribution in [0.2, 0.25) is 0 Å². The molecule has 1 aromatic carbocycles. The van der Waals surface area contributed by atoms with Gasteiger partial charge in [0.05, 0.1) is 0 Å². The molecule has 8 nitrogen and oxygen atoms in total. The monoisotopic (exact) mass is 513 g/mol. The number of halogens is 3. The molecule has 1 amide bonds. The van der Waals surface area contributed by atoms with Crippen LogP contribution < -0.4 is 10.1 Å². The molecule has 2 spiro atoms. The van der Waals surface area contributed by atoms with Crippen molar-refractivity contribution in [1.82, 2.24) is 0 Å². The molecular formula is C25H30F3NO7. The molecule has 3 aliphatic heterocycles. The molecule has 2 aliphatic carbocycles. The summed E-state index contributed by atoms with van der Waals surface area (Å²) in [4.78, 5) is 13.4. The van der Waals surface area contributed by atoms with Crippen molar-refractivity contribution in [2.75, 3.05) is 5.32 Å². The highest BCUT2D eigenvalue weighted by Gasteiger charge is 2.65. The Labute approximate surface area is 206 Å². The number of hydrogen-bond acceptors (Lipinski definition) is 7. The second-order valence-corrected chi connectivity index (χ2v) is 10.3. The van der Waals surface area contributed by atoms with Crippen LogP contribution in [0.3, 0.4) is 0 Å². The molecule has 1 aromatic rings. The van der Waals surface area contributed by atoms with Crippen LogP contribution >= 0.6 is 0 Å². The Hall–Kier alpha value is -1.92. The molecular weight excluding hydrogens is 483 g/mol. The van der Waals surface area contributed by atoms with E-state index in [-0.39, 0.29) is 5.75 Å². The third kappa shape index (κ3) is 4.71. The van der Waals surface area contributed by atoms with E-state index in [1.165, 1.54) is 12.1 Å². The number of anilines is 1. The molecule has 5 fully saturated rings. The quantitative estimate of drug-likeness (QED) is 0.624. The topological polar surface area (TPSA) is 84.5 Å². The van der Waals surface area contributed by atoms with Crippen LogP contribution in [0, 0.1) is 0 Å². The first kappa shape index (κ1) is 24.4. The number of nitrogens with one attached hydrogen (secondary N) is 1. The molecule has 11 heteroatoms. The van der Waals surface area contributed by atoms with Gasteiger partial charge in [0.2, 0.25) is 0 Å². The third-order valence-corrected chi connectivity index (χ3v) is 7.72. The van der Waals surface area contributed by atoms with Crippen molar-refractivity contribution in [2.45, 2.75) is 113 Å². The predicted molar refractivity (Wildman–Crippen MR) is 118 cm³/mol. The summed E-state index contributed by atoms with van der Waals surface area (Å²) in [6.07, 6.45) is 0.819. The Morgan fingerprint density at radius 1 is 0.806 bits per heavy atom. The van der Waals surface area contributed by atoms with E-state index in [4.69, 9.17) is 23.7 Å². The zero-order valence-electron chi connectivity index (χ0n) is 19.8. The van der Waals surface area contributed by atoms with E-state index in [0.29, 0.717) is 5.69 Å². The Morgan fingerprint density at radius 3 is 1.97 bits per heavy atom. The minimum absolute atomic E-state index is 0.301. The van der Waals surface area contributed by atoms with Crippen LogP contribution in [0.4, 0.5) is 18.9 Å². The fourth-order valence-electron chi connectivity index (χ4n) is 6.12. The van der Waals surface area contributed by atoms with E-state index in [9.17, 15) is 18.0 Å². The van der Waals surface area contributed by atoms with Crippen molar-refractivity contribution >= 4 is 11.6 Å². The number of fused-ring (bicyclic) bond motifs is 3. The summed E-state index contributed by atoms with van der Waals surface area (Å²) in [5.74, 6) is -2.37. The Balaban J connectivity index is 1.21. The highest BCUT2D eigenvalue weighted by atomic mass is 19.4. The van der Waals surface area contributed by atoms with Gasteiger partial charge in [-0.2, -0.15) is 0 Å². The summed E-state index contributed by atoms with van der Waals surface area (Å²) in [7, 11) is 0. The summed E-state index contributed by atoms with van der Waals surface area (Å²) < 4.78 is 73.1. The number of rotatable bonds is 3. The van der Waals surface area contributed by atoms with Crippen molar-refractivity contribution in [1.29, 1.82) is 0 Å². The normalized spacial score (nSPS) is 34.8. The first-order valence-corrected chi connectivity index (χ1v) is 12.8. The van der Waals surface area contributed by atoms with Crippen LogP contribution in [0.1, 0.15) is 64.2 Å². The van der Waals surface area contributed by atoms with Gasteiger partial charge >= 0.3 is 6.36 Å². The van der Waals surface area contributed by atoms with Crippen LogP contribution in [0.15, 0.2) is 24.3 Å². The molecule has 3 heterocycles. The molecule has 36 heavy (non-hydrogen) atoms. The fraction of sp³-hybridized carbons (Fsp3) is 0.720. The lowest BCUT2D eigenvalue weighted by Gasteiger charge is -2.36. The predicted octanol–water partition coefficient (Wildman–Crippen LogP) is 4.77. The van der Waals surface area contributed by atoms with Crippen molar-refractivity contribution in [3.05, 3.63) is 24.3 Å². The number of alkyl halides is 3. The van der Waals surface area contributed by atoms with Crippen molar-refractivity contribution in [3.63, 3.8) is 0 Å². The minimum atomic E-state index is -4.79. The van der Waals surface area contributed by atoms with Crippen molar-refractivity contribution in [3.8, 4) is 5.75 Å². The van der Waals surface area contributed by atoms with Gasteiger partial charge in [-0.15, -0.1) is 13.2 Å². The third-order valence-electron chi connectivity index (χ3n) is 7.72. The Morgan fingerprint density at radius 2 is 1.36 bits per heavy atom. The number of hydrogen-bond donors (Lipinski definition) is 1. The first-order valence-electron chi connectivity index (χ1n) is 12.8. The molecule has 6 rings (SSSR count). The zero-order valence-corrected chi connectivity index (χ0v) is 19.8. The van der Waals surface area contributed by atoms with Crippen LogP contribution in [-0.2, 0) is 28.5 Å². The largest absolute Gasteiger partial charge is 0.573 e. The highest BCUT2D eigenvalue weighted by molar-refractivity contribution is 5.94. The van der Waals surface area contributed by atoms with E-state index in [1.54, 1.807) is 0 Å². The maximum atomic E-state index is 13.4. The number of carbonyl (C=O) groups is 1. The average Bonchev–Trinajstić information content (AvgIpc) is 3.37. The molecule has 0 radical (unpaired) electrons. The lowest BCUT2D eigenvalue weighted by Crippen LogP contribution is -2.58. The summed E-state index contributed by atoms with van der Waals surface area (Å²) in [5, 5.41) is 2.72. The summed E-state index contributed by atoms with van der Waals surface area (Å²) >= 11 is 0. The molecule has 5 atom stereocenters. The molecule has 198 valence electrons. The smallest absolute Gasteiger partial charge is 0.406 e. The van der Waals surface area contributed by atoms with E-state index >= 15 is 0 Å². The van der Waals surface area contributed by atoms with E-state index in [0.717, 1.165) is 76.3 Å². The number of benzene rings is 1. The molecule has 0 bridgehead atoms. The van der Waals surface area contributed by atoms with Gasteiger partial charge in [-0.3, -0.25) is 4.79 Å². The molecule has 2 saturated carbocycles. The van der Waals surface area contributed by atoms with E-state index in [1.807, 2.05) is 0 Å². The average molecular weight is 514 g/mol. The van der Waals surface area contributed by atoms with Gasteiger partial charge in [-0.25, -0.2) is 0 Å². The van der Waals surface area contributed by atoms with Crippen LogP contribution in [-0.4, -0.2) is 54.5 Å². The lowest BCUT2D eigenvalue weighted by atomic mass is 9.94. The molecule has 0 aromatic heterocycles. The molecule has 5 aliphatic rings. The van der Waals surface area contributed by atoms with Crippen molar-refractivity contribution < 1.29 is 46.4 Å². The van der Waals surface area contributed by atoms with Gasteiger partial charge in [0.15, 0.2) is 24.0 Å². The molecule has 3 saturated heterocycles. The zero-order chi connectivity index (χ0) is 25.0. The second kappa shape index (κ2) is 9.13. The highest BCUT2D eigenvalue weighted by Crippen LogP contribution is 2.51. The van der Waals surface area contributed by atoms with Crippen LogP contribution in [0.25, 0.3) is 0 Å². The SMILES string of the molecule is O=C(Nc1ccc(OC(F)(F)F)cc1)[C@@H]1O[C@@H]2OC3(CCCCC3)O[C@@H]2[C@H]2OC3(CCCCC3)O[C@@H]21. The van der Waals surface area contributed by atoms with E-state index in [2.05, 4.69) is 10.1 Å². The lowest BCUT2D eigenvalue weighted by molar-refractivity contribution is -0.274. The minimum Gasteiger partial charge on any atom is -0.406 e. The second-order valence-electron chi connectivity index (χ2n) is 10.3. The number of carbonyl (C=O) groups excluding carboxylic acids is 1. The van der Waals surface area contributed by atoms with Gasteiger partial charge in [0.1, 0.15) is 24.1 Å². The summed E-state index contributed by atoms with van der Waals surface area (Å²) in [6, 6.07) is 4.94. The maximum absolute atomic E-state index is 13.4. The van der Waals surface area contributed by atoms with Gasteiger partial charge < -0.3 is 33.7 Å². The number of ether oxygens (including phenoxy) is 6. The standard InChI is InChI=1S/C25H30F3NO7/c26-25(27,28)32-16-9-7-15(8-10-16)29-21(30)19-17-18(34-23(33-17)11-3-1-4-12-23)20-22(31-19)36-24(35-20)13-5-2-6-14-24/h7-10,17-20,22H,1-6,11-14H2,(H,29,30)/t17-,18-,19+,20+,22+/m0/s1. The maximum Gasteiger partial charge on any atom is 0.573 e. The summed E-state index contributed by atoms with van der Waals surface area (Å²) in [5.41, 5.74) is 0.301. The van der Waals surface area contributed by atoms with Gasteiger partial charge in [0, 0.05) is 31.4 Å². The van der Waals surface area contributed by atoms with Gasteiger partial charge in [-0.05, 0) is 49.9 Å². The molecule has 1 N–H and O–H groups in total.